The molecule has 1 aliphatic carbocycles. The van der Waals surface area contributed by atoms with Crippen LogP contribution in [0.4, 0.5) is 0 Å². The Balaban J connectivity index is 2.11. The summed E-state index contributed by atoms with van der Waals surface area (Å²) in [5.74, 6) is 0. The largest absolute Gasteiger partial charge is 0.366 e. The van der Waals surface area contributed by atoms with Gasteiger partial charge in [-0.15, -0.1) is 0 Å². The fraction of sp³-hybridized carbons (Fsp3) is 0.733. The zero-order chi connectivity index (χ0) is 11.8. The SMILES string of the molecule is C/C1=C/CC[C@@]2(C)O[C@@H]2CC(C)(C)/C=C\C1. The Morgan fingerprint density at radius 2 is 2.06 bits per heavy atom. The van der Waals surface area contributed by atoms with Gasteiger partial charge in [-0.2, -0.15) is 0 Å². The van der Waals surface area contributed by atoms with E-state index in [9.17, 15) is 0 Å². The number of rotatable bonds is 0. The minimum atomic E-state index is 0.159. The second kappa shape index (κ2) is 4.03. The van der Waals surface area contributed by atoms with E-state index in [1.54, 1.807) is 0 Å². The van der Waals surface area contributed by atoms with Crippen LogP contribution in [0.1, 0.15) is 53.4 Å². The van der Waals surface area contributed by atoms with Gasteiger partial charge in [0.2, 0.25) is 0 Å². The maximum Gasteiger partial charge on any atom is 0.0923 e. The van der Waals surface area contributed by atoms with Crippen LogP contribution in [0.15, 0.2) is 23.8 Å². The molecule has 2 atom stereocenters. The standard InChI is InChI=1S/C15H24O/c1-12-7-5-9-14(2,3)11-13-15(4,16-13)10-6-8-12/h5,8-9,13H,6-7,10-11H2,1-4H3/b9-5-,12-8-/t13-,15-/m1/s1. The molecule has 0 saturated carbocycles. The maximum absolute atomic E-state index is 5.88. The van der Waals surface area contributed by atoms with E-state index >= 15 is 0 Å². The smallest absolute Gasteiger partial charge is 0.0923 e. The highest BCUT2D eigenvalue weighted by molar-refractivity contribution is 5.12. The number of epoxide rings is 1. The van der Waals surface area contributed by atoms with Crippen molar-refractivity contribution in [1.82, 2.24) is 0 Å². The summed E-state index contributed by atoms with van der Waals surface area (Å²) in [7, 11) is 0. The highest BCUT2D eigenvalue weighted by atomic mass is 16.6. The van der Waals surface area contributed by atoms with Gasteiger partial charge < -0.3 is 4.74 Å². The van der Waals surface area contributed by atoms with Crippen LogP contribution in [0, 0.1) is 5.41 Å². The van der Waals surface area contributed by atoms with Crippen LogP contribution in [-0.4, -0.2) is 11.7 Å². The third-order valence-corrected chi connectivity index (χ3v) is 3.89. The Kier molecular flexibility index (Phi) is 3.00. The van der Waals surface area contributed by atoms with Crippen LogP contribution in [0.5, 0.6) is 0 Å². The third-order valence-electron chi connectivity index (χ3n) is 3.89. The molecule has 1 fully saturated rings. The molecule has 0 unspecified atom stereocenters. The molecule has 16 heavy (non-hydrogen) atoms. The molecule has 1 nitrogen and oxygen atoms in total. The lowest BCUT2D eigenvalue weighted by Crippen LogP contribution is -2.16. The zero-order valence-electron chi connectivity index (χ0n) is 11.0. The van der Waals surface area contributed by atoms with E-state index in [1.165, 1.54) is 12.0 Å². The Morgan fingerprint density at radius 1 is 1.31 bits per heavy atom. The molecule has 0 aromatic carbocycles. The lowest BCUT2D eigenvalue weighted by molar-refractivity contribution is 0.280. The molecule has 90 valence electrons. The molecule has 1 saturated heterocycles. The van der Waals surface area contributed by atoms with E-state index in [0.717, 1.165) is 19.3 Å². The summed E-state index contributed by atoms with van der Waals surface area (Å²) in [4.78, 5) is 0. The first-order chi connectivity index (χ1) is 7.41. The maximum atomic E-state index is 5.88. The predicted molar refractivity (Wildman–Crippen MR) is 68.4 cm³/mol. The molecule has 1 aliphatic heterocycles. The first kappa shape index (κ1) is 11.9. The second-order valence-corrected chi connectivity index (χ2v) is 6.31. The zero-order valence-corrected chi connectivity index (χ0v) is 11.0. The summed E-state index contributed by atoms with van der Waals surface area (Å²) in [5.41, 5.74) is 1.91. The van der Waals surface area contributed by atoms with Crippen molar-refractivity contribution in [3.8, 4) is 0 Å². The monoisotopic (exact) mass is 220 g/mol. The minimum Gasteiger partial charge on any atom is -0.366 e. The summed E-state index contributed by atoms with van der Waals surface area (Å²) in [6.45, 7) is 9.10. The van der Waals surface area contributed by atoms with E-state index < -0.39 is 0 Å². The molecular formula is C15H24O. The van der Waals surface area contributed by atoms with Crippen molar-refractivity contribution in [3.05, 3.63) is 23.8 Å². The quantitative estimate of drug-likeness (QED) is 0.439. The van der Waals surface area contributed by atoms with Crippen LogP contribution in [0.3, 0.4) is 0 Å². The minimum absolute atomic E-state index is 0.159. The van der Waals surface area contributed by atoms with Gasteiger partial charge in [0.25, 0.3) is 0 Å². The highest BCUT2D eigenvalue weighted by Crippen LogP contribution is 2.46. The van der Waals surface area contributed by atoms with Crippen molar-refractivity contribution in [1.29, 1.82) is 0 Å². The number of fused-ring (bicyclic) bond motifs is 1. The molecular weight excluding hydrogens is 196 g/mol. The van der Waals surface area contributed by atoms with E-state index in [-0.39, 0.29) is 11.0 Å². The fourth-order valence-electron chi connectivity index (χ4n) is 2.57. The number of hydrogen-bond donors (Lipinski definition) is 0. The van der Waals surface area contributed by atoms with Crippen molar-refractivity contribution < 1.29 is 4.74 Å². The lowest BCUT2D eigenvalue weighted by atomic mass is 9.84. The molecule has 2 rings (SSSR count). The molecule has 0 amide bonds. The molecule has 2 aliphatic rings. The van der Waals surface area contributed by atoms with Crippen LogP contribution in [-0.2, 0) is 4.74 Å². The van der Waals surface area contributed by atoms with Crippen LogP contribution in [0.25, 0.3) is 0 Å². The molecule has 0 aromatic rings. The lowest BCUT2D eigenvalue weighted by Gasteiger charge is -2.19. The van der Waals surface area contributed by atoms with E-state index in [4.69, 9.17) is 4.74 Å². The van der Waals surface area contributed by atoms with Crippen LogP contribution in [0.2, 0.25) is 0 Å². The van der Waals surface area contributed by atoms with Gasteiger partial charge in [0.15, 0.2) is 0 Å². The molecule has 0 N–H and O–H groups in total. The Labute approximate surface area is 99.6 Å². The van der Waals surface area contributed by atoms with Crippen LogP contribution >= 0.6 is 0 Å². The average molecular weight is 220 g/mol. The van der Waals surface area contributed by atoms with Gasteiger partial charge in [-0.05, 0) is 44.9 Å². The van der Waals surface area contributed by atoms with Crippen molar-refractivity contribution in [2.75, 3.05) is 0 Å². The van der Waals surface area contributed by atoms with Gasteiger partial charge in [-0.25, -0.2) is 0 Å². The van der Waals surface area contributed by atoms with Crippen molar-refractivity contribution in [3.63, 3.8) is 0 Å². The summed E-state index contributed by atoms with van der Waals surface area (Å²) in [6, 6.07) is 0. The van der Waals surface area contributed by atoms with E-state index in [1.807, 2.05) is 0 Å². The summed E-state index contributed by atoms with van der Waals surface area (Å²) >= 11 is 0. The van der Waals surface area contributed by atoms with Crippen molar-refractivity contribution >= 4 is 0 Å². The van der Waals surface area contributed by atoms with E-state index in [0.29, 0.717) is 6.10 Å². The fourth-order valence-corrected chi connectivity index (χ4v) is 2.57. The van der Waals surface area contributed by atoms with Crippen molar-refractivity contribution in [2.45, 2.75) is 65.1 Å². The Bertz CT molecular complexity index is 324. The molecule has 0 spiro atoms. The van der Waals surface area contributed by atoms with Gasteiger partial charge in [0.05, 0.1) is 11.7 Å². The number of ether oxygens (including phenoxy) is 1. The second-order valence-electron chi connectivity index (χ2n) is 6.31. The van der Waals surface area contributed by atoms with Gasteiger partial charge >= 0.3 is 0 Å². The van der Waals surface area contributed by atoms with Gasteiger partial charge in [-0.3, -0.25) is 0 Å². The first-order valence-electron chi connectivity index (χ1n) is 6.42. The number of hydrogen-bond acceptors (Lipinski definition) is 1. The normalized spacial score (nSPS) is 43.5. The Morgan fingerprint density at radius 3 is 2.81 bits per heavy atom. The van der Waals surface area contributed by atoms with Crippen LogP contribution < -0.4 is 0 Å². The van der Waals surface area contributed by atoms with Gasteiger partial charge in [-0.1, -0.05) is 37.6 Å². The molecule has 1 heteroatoms. The first-order valence-corrected chi connectivity index (χ1v) is 6.42. The molecule has 0 bridgehead atoms. The average Bonchev–Trinajstić information content (AvgIpc) is 2.73. The van der Waals surface area contributed by atoms with Gasteiger partial charge in [0.1, 0.15) is 0 Å². The summed E-state index contributed by atoms with van der Waals surface area (Å²) in [6.07, 6.45) is 12.1. The van der Waals surface area contributed by atoms with E-state index in [2.05, 4.69) is 45.9 Å². The third kappa shape index (κ3) is 2.76. The van der Waals surface area contributed by atoms with Gasteiger partial charge in [0, 0.05) is 0 Å². The molecule has 0 radical (unpaired) electrons. The molecule has 1 heterocycles. The predicted octanol–water partition coefficient (Wildman–Crippen LogP) is 4.25. The Hall–Kier alpha value is -0.560. The summed E-state index contributed by atoms with van der Waals surface area (Å²) < 4.78 is 5.88. The summed E-state index contributed by atoms with van der Waals surface area (Å²) in [5, 5.41) is 0. The number of allylic oxidation sites excluding steroid dienone is 4. The topological polar surface area (TPSA) is 12.5 Å². The highest BCUT2D eigenvalue weighted by Gasteiger charge is 2.52. The molecule has 0 aromatic heterocycles. The van der Waals surface area contributed by atoms with Crippen molar-refractivity contribution in [2.24, 2.45) is 5.41 Å².